The highest BCUT2D eigenvalue weighted by Gasteiger charge is 2.28. The summed E-state index contributed by atoms with van der Waals surface area (Å²) in [6.07, 6.45) is 9.61. The number of hydrogen-bond acceptors (Lipinski definition) is 6. The topological polar surface area (TPSA) is 104 Å². The molecular formula is C39H43N5O3S. The number of allylic oxidation sites excluding steroid dienone is 1. The Balaban J connectivity index is 1.05. The van der Waals surface area contributed by atoms with E-state index in [1.54, 1.807) is 18.2 Å². The quantitative estimate of drug-likeness (QED) is 0.153. The van der Waals surface area contributed by atoms with Crippen molar-refractivity contribution in [2.75, 3.05) is 25.5 Å². The number of para-hydroxylation sites is 1. The van der Waals surface area contributed by atoms with Gasteiger partial charge in [0.1, 0.15) is 11.9 Å². The number of hydrogen-bond donors (Lipinski definition) is 2. The number of rotatable bonds is 12. The molecule has 1 aliphatic rings. The lowest BCUT2D eigenvalue weighted by Gasteiger charge is -2.28. The summed E-state index contributed by atoms with van der Waals surface area (Å²) in [4.78, 5) is 25.3. The Morgan fingerprint density at radius 3 is 2.27 bits per heavy atom. The van der Waals surface area contributed by atoms with Gasteiger partial charge in [-0.25, -0.2) is 18.4 Å². The molecule has 248 valence electrons. The number of nitrogens with one attached hydrogen (secondary N) is 2. The molecule has 6 rings (SSSR count). The number of fused-ring (bicyclic) bond motifs is 2. The Morgan fingerprint density at radius 2 is 1.50 bits per heavy atom. The average molecular weight is 662 g/mol. The van der Waals surface area contributed by atoms with Gasteiger partial charge in [-0.2, -0.15) is 4.72 Å². The molecule has 0 bridgehead atoms. The van der Waals surface area contributed by atoms with Crippen LogP contribution in [0, 0.1) is 11.8 Å². The fraction of sp³-hybridized carbons (Fsp3) is 0.308. The van der Waals surface area contributed by atoms with E-state index in [2.05, 4.69) is 16.1 Å². The number of nitrogens with zero attached hydrogens (tertiary/aromatic N) is 3. The minimum atomic E-state index is -3.98. The molecule has 0 unspecified atom stereocenters. The summed E-state index contributed by atoms with van der Waals surface area (Å²) < 4.78 is 30.1. The largest absolute Gasteiger partial charge is 0.362 e. The predicted molar refractivity (Wildman–Crippen MR) is 194 cm³/mol. The van der Waals surface area contributed by atoms with Crippen molar-refractivity contribution in [2.24, 2.45) is 11.8 Å². The van der Waals surface area contributed by atoms with Gasteiger partial charge in [-0.05, 0) is 85.6 Å². The monoisotopic (exact) mass is 661 g/mol. The molecule has 1 saturated carbocycles. The number of carbonyl (C=O) groups excluding carboxylic acids is 1. The zero-order chi connectivity index (χ0) is 33.5. The Bertz CT molecular complexity index is 2000. The number of anilines is 1. The van der Waals surface area contributed by atoms with E-state index in [-0.39, 0.29) is 17.2 Å². The summed E-state index contributed by atoms with van der Waals surface area (Å²) in [5.41, 5.74) is 1.82. The molecule has 1 aliphatic carbocycles. The smallest absolute Gasteiger partial charge is 0.241 e. The number of aromatic nitrogens is 2. The lowest BCUT2D eigenvalue weighted by molar-refractivity contribution is -0.122. The number of carbonyl (C=O) groups is 1. The van der Waals surface area contributed by atoms with E-state index in [1.165, 1.54) is 0 Å². The Kier molecular flexibility index (Phi) is 10.5. The van der Waals surface area contributed by atoms with Crippen LogP contribution in [0.3, 0.4) is 0 Å². The second-order valence-corrected chi connectivity index (χ2v) is 14.6. The van der Waals surface area contributed by atoms with Gasteiger partial charge in [0.25, 0.3) is 0 Å². The van der Waals surface area contributed by atoms with Crippen LogP contribution in [0.4, 0.5) is 5.82 Å². The molecule has 48 heavy (non-hydrogen) atoms. The van der Waals surface area contributed by atoms with Gasteiger partial charge in [0.2, 0.25) is 15.9 Å². The van der Waals surface area contributed by atoms with E-state index in [1.807, 2.05) is 104 Å². The van der Waals surface area contributed by atoms with Crippen molar-refractivity contribution >= 4 is 49.5 Å². The molecule has 0 spiro atoms. The molecule has 5 aromatic rings. The van der Waals surface area contributed by atoms with Crippen LogP contribution >= 0.6 is 0 Å². The minimum Gasteiger partial charge on any atom is -0.362 e. The van der Waals surface area contributed by atoms with Gasteiger partial charge in [-0.15, -0.1) is 0 Å². The van der Waals surface area contributed by atoms with Crippen LogP contribution in [0.15, 0.2) is 108 Å². The van der Waals surface area contributed by atoms with Gasteiger partial charge in [0.15, 0.2) is 5.82 Å². The Hall–Kier alpha value is -4.60. The molecule has 0 radical (unpaired) electrons. The molecule has 4 aromatic carbocycles. The summed E-state index contributed by atoms with van der Waals surface area (Å²) in [5.74, 6) is 2.25. The highest BCUT2D eigenvalue weighted by molar-refractivity contribution is 7.89. The van der Waals surface area contributed by atoms with Gasteiger partial charge in [-0.3, -0.25) is 4.79 Å². The van der Waals surface area contributed by atoms with Gasteiger partial charge in [0, 0.05) is 31.4 Å². The van der Waals surface area contributed by atoms with E-state index in [4.69, 9.17) is 9.97 Å². The summed E-state index contributed by atoms with van der Waals surface area (Å²) in [6.45, 7) is 0.529. The minimum absolute atomic E-state index is 0.171. The van der Waals surface area contributed by atoms with Crippen LogP contribution in [-0.2, 0) is 21.2 Å². The van der Waals surface area contributed by atoms with Crippen molar-refractivity contribution in [3.8, 4) is 0 Å². The normalized spacial score (nSPS) is 17.5. The van der Waals surface area contributed by atoms with Crippen molar-refractivity contribution in [1.29, 1.82) is 0 Å². The Labute approximate surface area is 283 Å². The molecule has 8 nitrogen and oxygen atoms in total. The standard InChI is InChI=1S/C39H43N5O3S/c1-44(2)38-33-18-8-9-19-34(33)41-37(42-38)21-10-14-28-22-24-30(25-23-28)27-40-39(45)35(26-29-12-4-3-5-13-29)43-48(46,47)36-20-11-16-31-15-6-7-17-32(31)36/h3-13,15-21,28,30,35,43H,14,22-27H2,1-2H3,(H,40,45)/b21-10+/t28?,30?,35-/m0/s1. The van der Waals surface area contributed by atoms with E-state index in [0.717, 1.165) is 65.6 Å². The summed E-state index contributed by atoms with van der Waals surface area (Å²) in [7, 11) is 0.0177. The van der Waals surface area contributed by atoms with E-state index < -0.39 is 16.1 Å². The molecule has 1 amide bonds. The fourth-order valence-corrected chi connectivity index (χ4v) is 8.04. The molecule has 0 aliphatic heterocycles. The molecule has 2 N–H and O–H groups in total. The van der Waals surface area contributed by atoms with Gasteiger partial charge < -0.3 is 10.2 Å². The maximum absolute atomic E-state index is 13.7. The molecule has 1 atom stereocenters. The second-order valence-electron chi connectivity index (χ2n) is 12.9. The first-order chi connectivity index (χ1) is 23.3. The van der Waals surface area contributed by atoms with Crippen LogP contribution in [0.2, 0.25) is 0 Å². The number of benzene rings is 4. The van der Waals surface area contributed by atoms with E-state index >= 15 is 0 Å². The van der Waals surface area contributed by atoms with Crippen molar-refractivity contribution in [3.05, 3.63) is 115 Å². The van der Waals surface area contributed by atoms with Gasteiger partial charge in [0.05, 0.1) is 10.4 Å². The van der Waals surface area contributed by atoms with E-state index in [0.29, 0.717) is 23.8 Å². The SMILES string of the molecule is CN(C)c1nc(/C=C/CC2CCC(CNC(=O)[C@H](Cc3ccccc3)NS(=O)(=O)c3cccc4ccccc34)CC2)nc2ccccc12. The van der Waals surface area contributed by atoms with Gasteiger partial charge >= 0.3 is 0 Å². The second kappa shape index (κ2) is 15.1. The molecular weight excluding hydrogens is 619 g/mol. The molecule has 9 heteroatoms. The average Bonchev–Trinajstić information content (AvgIpc) is 3.10. The molecule has 1 fully saturated rings. The van der Waals surface area contributed by atoms with Crippen LogP contribution in [0.25, 0.3) is 27.8 Å². The predicted octanol–water partition coefficient (Wildman–Crippen LogP) is 6.76. The summed E-state index contributed by atoms with van der Waals surface area (Å²) in [6, 6.07) is 29.2. The summed E-state index contributed by atoms with van der Waals surface area (Å²) in [5, 5.41) is 5.59. The lowest BCUT2D eigenvalue weighted by Crippen LogP contribution is -2.49. The zero-order valence-corrected chi connectivity index (χ0v) is 28.4. The first kappa shape index (κ1) is 33.3. The first-order valence-electron chi connectivity index (χ1n) is 16.7. The maximum atomic E-state index is 13.7. The van der Waals surface area contributed by atoms with Gasteiger partial charge in [-0.1, -0.05) is 84.9 Å². The Morgan fingerprint density at radius 1 is 0.833 bits per heavy atom. The third-order valence-electron chi connectivity index (χ3n) is 9.23. The highest BCUT2D eigenvalue weighted by atomic mass is 32.2. The van der Waals surface area contributed by atoms with E-state index in [9.17, 15) is 13.2 Å². The van der Waals surface area contributed by atoms with Crippen molar-refractivity contribution in [1.82, 2.24) is 20.0 Å². The highest BCUT2D eigenvalue weighted by Crippen LogP contribution is 2.31. The molecule has 1 heterocycles. The maximum Gasteiger partial charge on any atom is 0.241 e. The van der Waals surface area contributed by atoms with Crippen LogP contribution in [0.1, 0.15) is 43.5 Å². The van der Waals surface area contributed by atoms with Crippen LogP contribution < -0.4 is 14.9 Å². The first-order valence-corrected chi connectivity index (χ1v) is 18.2. The van der Waals surface area contributed by atoms with Crippen LogP contribution in [-0.4, -0.2) is 51.0 Å². The van der Waals surface area contributed by atoms with Crippen LogP contribution in [0.5, 0.6) is 0 Å². The fourth-order valence-electron chi connectivity index (χ4n) is 6.62. The summed E-state index contributed by atoms with van der Waals surface area (Å²) >= 11 is 0. The molecule has 0 saturated heterocycles. The number of sulfonamides is 1. The third-order valence-corrected chi connectivity index (χ3v) is 10.8. The molecule has 1 aromatic heterocycles. The van der Waals surface area contributed by atoms with Crippen molar-refractivity contribution in [3.63, 3.8) is 0 Å². The van der Waals surface area contributed by atoms with Crippen molar-refractivity contribution < 1.29 is 13.2 Å². The third kappa shape index (κ3) is 8.09. The van der Waals surface area contributed by atoms with Crippen molar-refractivity contribution in [2.45, 2.75) is 49.5 Å². The zero-order valence-electron chi connectivity index (χ0n) is 27.5. The number of amides is 1. The lowest BCUT2D eigenvalue weighted by atomic mass is 9.80.